The minimum Gasteiger partial charge on any atom is -0.314 e. The van der Waals surface area contributed by atoms with Crippen molar-refractivity contribution in [3.05, 3.63) is 0 Å². The van der Waals surface area contributed by atoms with Gasteiger partial charge in [-0.15, -0.1) is 0 Å². The van der Waals surface area contributed by atoms with E-state index in [4.69, 9.17) is 0 Å². The summed E-state index contributed by atoms with van der Waals surface area (Å²) in [5.74, 6) is 2.86. The van der Waals surface area contributed by atoms with Crippen LogP contribution in [-0.2, 0) is 0 Å². The fraction of sp³-hybridized carbons (Fsp3) is 1.00. The van der Waals surface area contributed by atoms with Gasteiger partial charge in [0, 0.05) is 6.04 Å². The van der Waals surface area contributed by atoms with Crippen LogP contribution in [0.4, 0.5) is 0 Å². The quantitative estimate of drug-likeness (QED) is 0.647. The minimum absolute atomic E-state index is 0.515. The maximum absolute atomic E-state index is 3.90. The molecule has 0 amide bonds. The van der Waals surface area contributed by atoms with E-state index in [1.807, 2.05) is 0 Å². The van der Waals surface area contributed by atoms with Crippen LogP contribution >= 0.6 is 0 Å². The van der Waals surface area contributed by atoms with Crippen molar-refractivity contribution in [3.63, 3.8) is 0 Å². The van der Waals surface area contributed by atoms with Crippen LogP contribution in [0.2, 0.25) is 0 Å². The smallest absolute Gasteiger partial charge is 0.0123 e. The summed E-state index contributed by atoms with van der Waals surface area (Å²) in [6.45, 7) is 10.8. The first kappa shape index (κ1) is 17.3. The van der Waals surface area contributed by atoms with Crippen molar-refractivity contribution in [2.24, 2.45) is 23.2 Å². The van der Waals surface area contributed by atoms with E-state index in [0.717, 1.165) is 30.3 Å². The summed E-state index contributed by atoms with van der Waals surface area (Å²) in [6, 6.07) is 0.814. The molecule has 1 unspecified atom stereocenters. The first-order valence-electron chi connectivity index (χ1n) is 9.75. The van der Waals surface area contributed by atoms with E-state index in [1.165, 1.54) is 64.2 Å². The van der Waals surface area contributed by atoms with Crippen LogP contribution in [0, 0.1) is 23.2 Å². The molecule has 124 valence electrons. The molecule has 1 atom stereocenters. The maximum atomic E-state index is 3.90. The van der Waals surface area contributed by atoms with E-state index >= 15 is 0 Å². The molecular formula is C20H39N. The average molecular weight is 294 g/mol. The van der Waals surface area contributed by atoms with Crippen molar-refractivity contribution in [1.82, 2.24) is 5.32 Å². The number of rotatable bonds is 4. The Labute approximate surface area is 133 Å². The number of hydrogen-bond donors (Lipinski definition) is 1. The number of nitrogens with one attached hydrogen (secondary N) is 1. The summed E-state index contributed by atoms with van der Waals surface area (Å²) in [5, 5.41) is 3.90. The van der Waals surface area contributed by atoms with E-state index in [1.54, 1.807) is 0 Å². The molecule has 0 radical (unpaired) electrons. The average Bonchev–Trinajstić information content (AvgIpc) is 2.73. The van der Waals surface area contributed by atoms with Gasteiger partial charge in [-0.2, -0.15) is 0 Å². The van der Waals surface area contributed by atoms with Crippen molar-refractivity contribution < 1.29 is 0 Å². The van der Waals surface area contributed by atoms with Gasteiger partial charge in [0.2, 0.25) is 0 Å². The molecule has 0 aliphatic heterocycles. The largest absolute Gasteiger partial charge is 0.314 e. The highest BCUT2D eigenvalue weighted by atomic mass is 14.9. The summed E-state index contributed by atoms with van der Waals surface area (Å²) < 4.78 is 0. The zero-order valence-corrected chi connectivity index (χ0v) is 15.1. The third-order valence-electron chi connectivity index (χ3n) is 6.35. The van der Waals surface area contributed by atoms with Gasteiger partial charge in [-0.05, 0) is 68.2 Å². The molecule has 2 rings (SSSR count). The van der Waals surface area contributed by atoms with Gasteiger partial charge in [-0.25, -0.2) is 0 Å². The molecule has 0 bridgehead atoms. The van der Waals surface area contributed by atoms with Crippen LogP contribution in [0.15, 0.2) is 0 Å². The van der Waals surface area contributed by atoms with Crippen molar-refractivity contribution >= 4 is 0 Å². The Kier molecular flexibility index (Phi) is 6.59. The maximum Gasteiger partial charge on any atom is 0.0123 e. The van der Waals surface area contributed by atoms with Crippen molar-refractivity contribution in [2.75, 3.05) is 6.54 Å². The van der Waals surface area contributed by atoms with E-state index in [2.05, 4.69) is 33.0 Å². The fourth-order valence-corrected chi connectivity index (χ4v) is 4.97. The predicted octanol–water partition coefficient (Wildman–Crippen LogP) is 5.79. The van der Waals surface area contributed by atoms with E-state index < -0.39 is 0 Å². The second kappa shape index (κ2) is 7.99. The third-order valence-corrected chi connectivity index (χ3v) is 6.35. The molecule has 1 heteroatoms. The summed E-state index contributed by atoms with van der Waals surface area (Å²) >= 11 is 0. The molecule has 1 N–H and O–H groups in total. The molecule has 0 spiro atoms. The standard InChI is InChI=1S/C20H39N/c1-5-21-19(16-10-8-6-7-9-11-16)17-12-14-18(15-13-17)20(2,3)4/h16-19,21H,5-15H2,1-4H3. The Morgan fingerprint density at radius 3 is 1.81 bits per heavy atom. The lowest BCUT2D eigenvalue weighted by atomic mass is 9.67. The zero-order chi connectivity index (χ0) is 15.3. The molecule has 2 aliphatic carbocycles. The van der Waals surface area contributed by atoms with E-state index in [-0.39, 0.29) is 0 Å². The third kappa shape index (κ3) is 4.98. The molecular weight excluding hydrogens is 254 g/mol. The second-order valence-corrected chi connectivity index (χ2v) is 8.81. The Morgan fingerprint density at radius 1 is 0.810 bits per heavy atom. The Morgan fingerprint density at radius 2 is 1.33 bits per heavy atom. The molecule has 2 fully saturated rings. The Bertz CT molecular complexity index is 275. The van der Waals surface area contributed by atoms with Crippen LogP contribution in [0.25, 0.3) is 0 Å². The summed E-state index contributed by atoms with van der Waals surface area (Å²) in [4.78, 5) is 0. The van der Waals surface area contributed by atoms with Crippen molar-refractivity contribution in [2.45, 2.75) is 97.9 Å². The van der Waals surface area contributed by atoms with Crippen LogP contribution in [0.5, 0.6) is 0 Å². The van der Waals surface area contributed by atoms with Crippen molar-refractivity contribution in [1.29, 1.82) is 0 Å². The highest BCUT2D eigenvalue weighted by Gasteiger charge is 2.35. The van der Waals surface area contributed by atoms with Gasteiger partial charge in [-0.3, -0.25) is 0 Å². The summed E-state index contributed by atoms with van der Waals surface area (Å²) in [6.07, 6.45) is 14.7. The molecule has 0 aromatic rings. The molecule has 0 heterocycles. The first-order valence-corrected chi connectivity index (χ1v) is 9.75. The summed E-state index contributed by atoms with van der Waals surface area (Å²) in [5.41, 5.74) is 0.515. The van der Waals surface area contributed by atoms with Crippen LogP contribution in [0.1, 0.15) is 91.9 Å². The lowest BCUT2D eigenvalue weighted by molar-refractivity contribution is 0.113. The molecule has 21 heavy (non-hydrogen) atoms. The van der Waals surface area contributed by atoms with Crippen molar-refractivity contribution in [3.8, 4) is 0 Å². The molecule has 1 nitrogen and oxygen atoms in total. The zero-order valence-electron chi connectivity index (χ0n) is 15.1. The van der Waals surface area contributed by atoms with Crippen LogP contribution < -0.4 is 5.32 Å². The lowest BCUT2D eigenvalue weighted by Crippen LogP contribution is -2.44. The van der Waals surface area contributed by atoms with Crippen LogP contribution in [0.3, 0.4) is 0 Å². The van der Waals surface area contributed by atoms with Gasteiger partial charge in [0.25, 0.3) is 0 Å². The van der Waals surface area contributed by atoms with Gasteiger partial charge in [0.05, 0.1) is 0 Å². The SMILES string of the molecule is CCNC(C1CCCCCC1)C1CCC(C(C)(C)C)CC1. The van der Waals surface area contributed by atoms with E-state index in [0.29, 0.717) is 5.41 Å². The lowest BCUT2D eigenvalue weighted by Gasteiger charge is -2.42. The molecule has 2 aliphatic rings. The molecule has 0 aromatic carbocycles. The van der Waals surface area contributed by atoms with Crippen LogP contribution in [-0.4, -0.2) is 12.6 Å². The van der Waals surface area contributed by atoms with Gasteiger partial charge in [0.15, 0.2) is 0 Å². The van der Waals surface area contributed by atoms with Gasteiger partial charge < -0.3 is 5.32 Å². The van der Waals surface area contributed by atoms with Gasteiger partial charge in [-0.1, -0.05) is 53.4 Å². The number of hydrogen-bond acceptors (Lipinski definition) is 1. The predicted molar refractivity (Wildman–Crippen MR) is 93.6 cm³/mol. The van der Waals surface area contributed by atoms with Gasteiger partial charge in [0.1, 0.15) is 0 Å². The molecule has 0 aromatic heterocycles. The first-order chi connectivity index (χ1) is 10.0. The minimum atomic E-state index is 0.515. The topological polar surface area (TPSA) is 12.0 Å². The highest BCUT2D eigenvalue weighted by molar-refractivity contribution is 4.89. The van der Waals surface area contributed by atoms with Gasteiger partial charge >= 0.3 is 0 Å². The Balaban J connectivity index is 1.93. The molecule has 0 saturated heterocycles. The Hall–Kier alpha value is -0.0400. The fourth-order valence-electron chi connectivity index (χ4n) is 4.97. The summed E-state index contributed by atoms with van der Waals surface area (Å²) in [7, 11) is 0. The monoisotopic (exact) mass is 293 g/mol. The normalized spacial score (nSPS) is 30.9. The highest BCUT2D eigenvalue weighted by Crippen LogP contribution is 2.42. The molecule has 2 saturated carbocycles. The van der Waals surface area contributed by atoms with E-state index in [9.17, 15) is 0 Å². The second-order valence-electron chi connectivity index (χ2n) is 8.81.